The van der Waals surface area contributed by atoms with Gasteiger partial charge in [-0.1, -0.05) is 13.8 Å². The van der Waals surface area contributed by atoms with E-state index in [0.717, 1.165) is 30.4 Å². The molecule has 1 aromatic carbocycles. The third kappa shape index (κ3) is 2.48. The second-order valence-electron chi connectivity index (χ2n) is 5.55. The fourth-order valence-corrected chi connectivity index (χ4v) is 3.67. The van der Waals surface area contributed by atoms with E-state index >= 15 is 0 Å². The van der Waals surface area contributed by atoms with Crippen molar-refractivity contribution in [2.45, 2.75) is 66.2 Å². The summed E-state index contributed by atoms with van der Waals surface area (Å²) in [5.41, 5.74) is 7.62. The third-order valence-corrected chi connectivity index (χ3v) is 4.51. The lowest BCUT2D eigenvalue weighted by Crippen LogP contribution is -2.18. The van der Waals surface area contributed by atoms with E-state index in [9.17, 15) is 4.79 Å². The number of benzene rings is 1. The van der Waals surface area contributed by atoms with Crippen LogP contribution in [0.1, 0.15) is 71.8 Å². The van der Waals surface area contributed by atoms with Gasteiger partial charge in [0.25, 0.3) is 0 Å². The van der Waals surface area contributed by atoms with Crippen LogP contribution in [-0.4, -0.2) is 12.6 Å². The summed E-state index contributed by atoms with van der Waals surface area (Å²) < 4.78 is 5.30. The Morgan fingerprint density at radius 3 is 2.05 bits per heavy atom. The van der Waals surface area contributed by atoms with Crippen LogP contribution in [-0.2, 0) is 30.4 Å². The van der Waals surface area contributed by atoms with Crippen molar-refractivity contribution in [1.82, 2.24) is 0 Å². The molecule has 2 heteroatoms. The summed E-state index contributed by atoms with van der Waals surface area (Å²) in [5, 5.41) is 0. The number of esters is 1. The van der Waals surface area contributed by atoms with E-state index in [-0.39, 0.29) is 5.97 Å². The van der Waals surface area contributed by atoms with Crippen molar-refractivity contribution < 1.29 is 9.53 Å². The molecule has 110 valence electrons. The molecule has 0 N–H and O–H groups in total. The normalized spacial score (nSPS) is 14.0. The SMILES string of the molecule is CCOC(=O)c1c(C)c(CC)c2c(c1CC)CCCC2. The Kier molecular flexibility index (Phi) is 4.85. The monoisotopic (exact) mass is 274 g/mol. The summed E-state index contributed by atoms with van der Waals surface area (Å²) in [4.78, 5) is 12.4. The second-order valence-corrected chi connectivity index (χ2v) is 5.55. The quantitative estimate of drug-likeness (QED) is 0.770. The van der Waals surface area contributed by atoms with Crippen LogP contribution in [0.4, 0.5) is 0 Å². The van der Waals surface area contributed by atoms with E-state index in [1.807, 2.05) is 6.92 Å². The molecule has 1 aromatic rings. The van der Waals surface area contributed by atoms with Crippen LogP contribution in [0.5, 0.6) is 0 Å². The van der Waals surface area contributed by atoms with Crippen molar-refractivity contribution in [3.8, 4) is 0 Å². The van der Waals surface area contributed by atoms with E-state index in [0.29, 0.717) is 6.61 Å². The number of hydrogen-bond donors (Lipinski definition) is 0. The van der Waals surface area contributed by atoms with Crippen molar-refractivity contribution >= 4 is 5.97 Å². The van der Waals surface area contributed by atoms with Crippen LogP contribution in [0, 0.1) is 6.92 Å². The highest BCUT2D eigenvalue weighted by Crippen LogP contribution is 2.34. The molecule has 0 aromatic heterocycles. The van der Waals surface area contributed by atoms with Gasteiger partial charge in [-0.3, -0.25) is 0 Å². The Morgan fingerprint density at radius 1 is 1.00 bits per heavy atom. The minimum Gasteiger partial charge on any atom is -0.462 e. The topological polar surface area (TPSA) is 26.3 Å². The molecule has 1 aliphatic carbocycles. The third-order valence-electron chi connectivity index (χ3n) is 4.51. The number of ether oxygens (including phenoxy) is 1. The Bertz CT molecular complexity index is 515. The maximum atomic E-state index is 12.4. The molecule has 0 unspecified atom stereocenters. The van der Waals surface area contributed by atoms with Crippen molar-refractivity contribution in [2.75, 3.05) is 6.61 Å². The zero-order valence-electron chi connectivity index (χ0n) is 13.3. The average Bonchev–Trinajstić information content (AvgIpc) is 2.46. The molecule has 0 atom stereocenters. The van der Waals surface area contributed by atoms with Crippen LogP contribution in [0.2, 0.25) is 0 Å². The van der Waals surface area contributed by atoms with Gasteiger partial charge in [0.15, 0.2) is 0 Å². The first-order valence-electron chi connectivity index (χ1n) is 7.98. The number of carbonyl (C=O) groups excluding carboxylic acids is 1. The molecule has 0 saturated carbocycles. The summed E-state index contributed by atoms with van der Waals surface area (Å²) in [6.07, 6.45) is 6.75. The summed E-state index contributed by atoms with van der Waals surface area (Å²) in [6.45, 7) is 8.76. The summed E-state index contributed by atoms with van der Waals surface area (Å²) in [5.74, 6) is -0.134. The molecular weight excluding hydrogens is 248 g/mol. The lowest BCUT2D eigenvalue weighted by atomic mass is 9.79. The van der Waals surface area contributed by atoms with Crippen molar-refractivity contribution in [3.05, 3.63) is 33.4 Å². The van der Waals surface area contributed by atoms with Crippen LogP contribution in [0.3, 0.4) is 0 Å². The Labute approximate surface area is 122 Å². The fraction of sp³-hybridized carbons (Fsp3) is 0.611. The van der Waals surface area contributed by atoms with E-state index in [4.69, 9.17) is 4.74 Å². The molecule has 0 saturated heterocycles. The first-order valence-corrected chi connectivity index (χ1v) is 7.98. The van der Waals surface area contributed by atoms with Crippen molar-refractivity contribution in [1.29, 1.82) is 0 Å². The predicted molar refractivity (Wildman–Crippen MR) is 82.5 cm³/mol. The van der Waals surface area contributed by atoms with Gasteiger partial charge in [0.1, 0.15) is 0 Å². The van der Waals surface area contributed by atoms with Gasteiger partial charge in [-0.15, -0.1) is 0 Å². The largest absolute Gasteiger partial charge is 0.462 e. The Balaban J connectivity index is 2.69. The molecule has 0 fully saturated rings. The van der Waals surface area contributed by atoms with E-state index < -0.39 is 0 Å². The first kappa shape index (κ1) is 15.1. The van der Waals surface area contributed by atoms with Gasteiger partial charge in [0.05, 0.1) is 12.2 Å². The molecule has 20 heavy (non-hydrogen) atoms. The molecule has 0 aliphatic heterocycles. The molecule has 1 aliphatic rings. The number of carbonyl (C=O) groups is 1. The lowest BCUT2D eigenvalue weighted by molar-refractivity contribution is 0.0524. The van der Waals surface area contributed by atoms with Gasteiger partial charge in [0.2, 0.25) is 0 Å². The molecule has 0 amide bonds. The lowest BCUT2D eigenvalue weighted by Gasteiger charge is -2.26. The highest BCUT2D eigenvalue weighted by molar-refractivity contribution is 5.94. The summed E-state index contributed by atoms with van der Waals surface area (Å²) >= 11 is 0. The summed E-state index contributed by atoms with van der Waals surface area (Å²) in [7, 11) is 0. The molecule has 2 rings (SSSR count). The maximum Gasteiger partial charge on any atom is 0.338 e. The van der Waals surface area contributed by atoms with E-state index in [2.05, 4.69) is 20.8 Å². The molecular formula is C18H26O2. The molecule has 2 nitrogen and oxygen atoms in total. The first-order chi connectivity index (χ1) is 9.65. The minimum atomic E-state index is -0.134. The Morgan fingerprint density at radius 2 is 1.55 bits per heavy atom. The predicted octanol–water partition coefficient (Wildman–Crippen LogP) is 4.18. The molecule has 0 bridgehead atoms. The van der Waals surface area contributed by atoms with Crippen LogP contribution < -0.4 is 0 Å². The minimum absolute atomic E-state index is 0.134. The van der Waals surface area contributed by atoms with Crippen molar-refractivity contribution in [2.24, 2.45) is 0 Å². The molecule has 0 heterocycles. The fourth-order valence-electron chi connectivity index (χ4n) is 3.67. The number of hydrogen-bond acceptors (Lipinski definition) is 2. The van der Waals surface area contributed by atoms with Crippen molar-refractivity contribution in [3.63, 3.8) is 0 Å². The van der Waals surface area contributed by atoms with Gasteiger partial charge in [0, 0.05) is 0 Å². The van der Waals surface area contributed by atoms with Gasteiger partial charge in [-0.2, -0.15) is 0 Å². The van der Waals surface area contributed by atoms with Crippen LogP contribution in [0.15, 0.2) is 0 Å². The van der Waals surface area contributed by atoms with E-state index in [1.165, 1.54) is 41.5 Å². The number of fused-ring (bicyclic) bond motifs is 1. The number of rotatable bonds is 4. The standard InChI is InChI=1S/C18H26O2/c1-5-13-12(4)17(18(19)20-7-3)14(6-2)16-11-9-8-10-15(13)16/h5-11H2,1-4H3. The van der Waals surface area contributed by atoms with Crippen LogP contribution in [0.25, 0.3) is 0 Å². The van der Waals surface area contributed by atoms with Gasteiger partial charge >= 0.3 is 5.97 Å². The molecule has 0 radical (unpaired) electrons. The summed E-state index contributed by atoms with van der Waals surface area (Å²) in [6, 6.07) is 0. The van der Waals surface area contributed by atoms with Gasteiger partial charge < -0.3 is 4.74 Å². The smallest absolute Gasteiger partial charge is 0.338 e. The maximum absolute atomic E-state index is 12.4. The highest BCUT2D eigenvalue weighted by Gasteiger charge is 2.25. The second kappa shape index (κ2) is 6.43. The van der Waals surface area contributed by atoms with Gasteiger partial charge in [-0.05, 0) is 80.2 Å². The molecule has 0 spiro atoms. The Hall–Kier alpha value is -1.31. The van der Waals surface area contributed by atoms with Gasteiger partial charge in [-0.25, -0.2) is 4.79 Å². The van der Waals surface area contributed by atoms with Crippen LogP contribution >= 0.6 is 0 Å². The van der Waals surface area contributed by atoms with E-state index in [1.54, 1.807) is 0 Å². The zero-order chi connectivity index (χ0) is 14.7. The average molecular weight is 274 g/mol. The zero-order valence-corrected chi connectivity index (χ0v) is 13.3. The highest BCUT2D eigenvalue weighted by atomic mass is 16.5.